The third kappa shape index (κ3) is 4.00. The molecule has 0 radical (unpaired) electrons. The van der Waals surface area contributed by atoms with E-state index in [1.807, 2.05) is 55.5 Å². The van der Waals surface area contributed by atoms with Crippen LogP contribution in [0, 0.1) is 6.92 Å². The van der Waals surface area contributed by atoms with Gasteiger partial charge in [-0.15, -0.1) is 12.4 Å². The maximum atomic E-state index is 5.98. The van der Waals surface area contributed by atoms with E-state index in [0.29, 0.717) is 5.84 Å². The van der Waals surface area contributed by atoms with E-state index < -0.39 is 0 Å². The molecule has 0 aliphatic carbocycles. The maximum Gasteiger partial charge on any atom is 0.131 e. The van der Waals surface area contributed by atoms with Gasteiger partial charge >= 0.3 is 0 Å². The average molecular weight is 277 g/mol. The molecule has 2 aromatic rings. The number of halogens is 1. The zero-order valence-electron chi connectivity index (χ0n) is 11.0. The number of nitrogens with zero attached hydrogens (tertiary/aromatic N) is 1. The molecule has 3 nitrogen and oxygen atoms in total. The van der Waals surface area contributed by atoms with E-state index >= 15 is 0 Å². The topological polar surface area (TPSA) is 47.6 Å². The second-order valence-corrected chi connectivity index (χ2v) is 4.06. The number of benzene rings is 2. The average Bonchev–Trinajstić information content (AvgIpc) is 2.39. The molecule has 0 amide bonds. The van der Waals surface area contributed by atoms with Gasteiger partial charge < -0.3 is 10.5 Å². The second-order valence-electron chi connectivity index (χ2n) is 4.06. The summed E-state index contributed by atoms with van der Waals surface area (Å²) in [5.74, 6) is 1.31. The van der Waals surface area contributed by atoms with Crippen LogP contribution < -0.4 is 10.5 Å². The summed E-state index contributed by atoms with van der Waals surface area (Å²) in [6.07, 6.45) is 0. The highest BCUT2D eigenvalue weighted by Gasteiger charge is 1.99. The van der Waals surface area contributed by atoms with Gasteiger partial charge in [0.1, 0.15) is 11.6 Å². The van der Waals surface area contributed by atoms with E-state index in [4.69, 9.17) is 10.5 Å². The first kappa shape index (κ1) is 15.1. The Labute approximate surface area is 119 Å². The Hall–Kier alpha value is -2.00. The molecule has 0 heterocycles. The van der Waals surface area contributed by atoms with Crippen molar-refractivity contribution in [1.82, 2.24) is 0 Å². The van der Waals surface area contributed by atoms with Crippen molar-refractivity contribution in [2.24, 2.45) is 10.7 Å². The number of hydrogen-bond donors (Lipinski definition) is 1. The van der Waals surface area contributed by atoms with Crippen LogP contribution in [0.15, 0.2) is 53.5 Å². The third-order valence-corrected chi connectivity index (χ3v) is 2.64. The van der Waals surface area contributed by atoms with Crippen LogP contribution in [-0.4, -0.2) is 12.9 Å². The fourth-order valence-electron chi connectivity index (χ4n) is 1.66. The first-order valence-corrected chi connectivity index (χ1v) is 5.74. The van der Waals surface area contributed by atoms with Crippen molar-refractivity contribution in [2.45, 2.75) is 6.92 Å². The summed E-state index contributed by atoms with van der Waals surface area (Å²) in [7, 11) is 1.64. The molecule has 0 bridgehead atoms. The lowest BCUT2D eigenvalue weighted by Crippen LogP contribution is -2.12. The van der Waals surface area contributed by atoms with Gasteiger partial charge in [0.25, 0.3) is 0 Å². The summed E-state index contributed by atoms with van der Waals surface area (Å²) >= 11 is 0. The van der Waals surface area contributed by atoms with Crippen LogP contribution in [0.3, 0.4) is 0 Å². The highest BCUT2D eigenvalue weighted by molar-refractivity contribution is 5.99. The number of amidine groups is 1. The predicted molar refractivity (Wildman–Crippen MR) is 81.8 cm³/mol. The van der Waals surface area contributed by atoms with Crippen molar-refractivity contribution in [1.29, 1.82) is 0 Å². The molecular formula is C15H17ClN2O. The first-order chi connectivity index (χ1) is 8.69. The van der Waals surface area contributed by atoms with Gasteiger partial charge in [0.2, 0.25) is 0 Å². The molecule has 0 saturated carbocycles. The van der Waals surface area contributed by atoms with Crippen molar-refractivity contribution in [3.63, 3.8) is 0 Å². The monoisotopic (exact) mass is 276 g/mol. The lowest BCUT2D eigenvalue weighted by atomic mass is 10.2. The largest absolute Gasteiger partial charge is 0.497 e. The summed E-state index contributed by atoms with van der Waals surface area (Å²) in [6, 6.07) is 15.5. The smallest absolute Gasteiger partial charge is 0.131 e. The zero-order valence-corrected chi connectivity index (χ0v) is 11.8. The standard InChI is InChI=1S/C15H16N2O.ClH/c1-11-4-3-5-13(10-11)17-15(16)12-6-8-14(18-2)9-7-12;/h3-10H,1-2H3,(H2,16,17);1H. The Morgan fingerprint density at radius 1 is 1.11 bits per heavy atom. The number of hydrogen-bond acceptors (Lipinski definition) is 2. The molecule has 2 rings (SSSR count). The van der Waals surface area contributed by atoms with Gasteiger partial charge in [-0.1, -0.05) is 12.1 Å². The van der Waals surface area contributed by atoms with Crippen LogP contribution in [0.2, 0.25) is 0 Å². The molecule has 0 aliphatic rings. The number of aliphatic imine (C=N–C) groups is 1. The summed E-state index contributed by atoms with van der Waals surface area (Å²) in [4.78, 5) is 4.40. The van der Waals surface area contributed by atoms with Crippen molar-refractivity contribution >= 4 is 23.9 Å². The van der Waals surface area contributed by atoms with Gasteiger partial charge in [0.05, 0.1) is 12.8 Å². The highest BCUT2D eigenvalue weighted by atomic mass is 35.5. The molecule has 19 heavy (non-hydrogen) atoms. The quantitative estimate of drug-likeness (QED) is 0.689. The van der Waals surface area contributed by atoms with Gasteiger partial charge in [0, 0.05) is 5.56 Å². The highest BCUT2D eigenvalue weighted by Crippen LogP contribution is 2.16. The molecule has 0 atom stereocenters. The molecule has 2 aromatic carbocycles. The van der Waals surface area contributed by atoms with E-state index in [1.165, 1.54) is 5.56 Å². The Morgan fingerprint density at radius 3 is 2.37 bits per heavy atom. The van der Waals surface area contributed by atoms with E-state index in [1.54, 1.807) is 7.11 Å². The molecule has 0 aromatic heterocycles. The van der Waals surface area contributed by atoms with Crippen molar-refractivity contribution in [3.8, 4) is 5.75 Å². The van der Waals surface area contributed by atoms with Crippen LogP contribution in [0.1, 0.15) is 11.1 Å². The predicted octanol–water partition coefficient (Wildman–Crippen LogP) is 3.46. The lowest BCUT2D eigenvalue weighted by molar-refractivity contribution is 0.415. The molecule has 4 heteroatoms. The summed E-state index contributed by atoms with van der Waals surface area (Å²) < 4.78 is 5.10. The number of nitrogens with two attached hydrogens (primary N) is 1. The van der Waals surface area contributed by atoms with Crippen LogP contribution >= 0.6 is 12.4 Å². The summed E-state index contributed by atoms with van der Waals surface area (Å²) in [5.41, 5.74) is 8.89. The molecule has 100 valence electrons. The minimum absolute atomic E-state index is 0. The minimum atomic E-state index is 0. The van der Waals surface area contributed by atoms with E-state index in [0.717, 1.165) is 17.0 Å². The van der Waals surface area contributed by atoms with E-state index in [9.17, 15) is 0 Å². The van der Waals surface area contributed by atoms with Crippen LogP contribution in [0.25, 0.3) is 0 Å². The minimum Gasteiger partial charge on any atom is -0.497 e. The van der Waals surface area contributed by atoms with Crippen molar-refractivity contribution in [3.05, 3.63) is 59.7 Å². The molecular weight excluding hydrogens is 260 g/mol. The number of rotatable bonds is 3. The van der Waals surface area contributed by atoms with Crippen LogP contribution in [0.4, 0.5) is 5.69 Å². The molecule has 0 unspecified atom stereocenters. The Morgan fingerprint density at radius 2 is 1.79 bits per heavy atom. The SMILES string of the molecule is COc1ccc(C(N)=Nc2cccc(C)c2)cc1.Cl. The zero-order chi connectivity index (χ0) is 13.0. The van der Waals surface area contributed by atoms with Gasteiger partial charge in [-0.05, 0) is 48.9 Å². The Kier molecular flexibility index (Phi) is 5.39. The fourth-order valence-corrected chi connectivity index (χ4v) is 1.66. The van der Waals surface area contributed by atoms with Crippen LogP contribution in [-0.2, 0) is 0 Å². The molecule has 0 saturated heterocycles. The molecule has 0 fully saturated rings. The van der Waals surface area contributed by atoms with Gasteiger partial charge in [-0.25, -0.2) is 4.99 Å². The molecule has 0 aliphatic heterocycles. The third-order valence-electron chi connectivity index (χ3n) is 2.64. The van der Waals surface area contributed by atoms with Gasteiger partial charge in [-0.3, -0.25) is 0 Å². The lowest BCUT2D eigenvalue weighted by Gasteiger charge is -2.03. The number of methoxy groups -OCH3 is 1. The van der Waals surface area contributed by atoms with E-state index in [2.05, 4.69) is 4.99 Å². The Bertz CT molecular complexity index is 565. The second kappa shape index (κ2) is 6.81. The van der Waals surface area contributed by atoms with Crippen LogP contribution in [0.5, 0.6) is 5.75 Å². The van der Waals surface area contributed by atoms with Gasteiger partial charge in [-0.2, -0.15) is 0 Å². The van der Waals surface area contributed by atoms with Gasteiger partial charge in [0.15, 0.2) is 0 Å². The summed E-state index contributed by atoms with van der Waals surface area (Å²) in [5, 5.41) is 0. The summed E-state index contributed by atoms with van der Waals surface area (Å²) in [6.45, 7) is 2.03. The maximum absolute atomic E-state index is 5.98. The molecule has 0 spiro atoms. The normalized spacial score (nSPS) is 10.7. The van der Waals surface area contributed by atoms with Crippen molar-refractivity contribution < 1.29 is 4.74 Å². The number of ether oxygens (including phenoxy) is 1. The molecule has 2 N–H and O–H groups in total. The Balaban J connectivity index is 0.00000180. The fraction of sp³-hybridized carbons (Fsp3) is 0.133. The van der Waals surface area contributed by atoms with E-state index in [-0.39, 0.29) is 12.4 Å². The number of aryl methyl sites for hydroxylation is 1. The first-order valence-electron chi connectivity index (χ1n) is 5.74. The van der Waals surface area contributed by atoms with Crippen molar-refractivity contribution in [2.75, 3.05) is 7.11 Å².